The molecule has 1 amide bonds. The molecule has 1 unspecified atom stereocenters. The average molecular weight is 412 g/mol. The Hall–Kier alpha value is -1.56. The summed E-state index contributed by atoms with van der Waals surface area (Å²) in [5, 5.41) is -0.478. The number of sulfone groups is 1. The summed E-state index contributed by atoms with van der Waals surface area (Å²) in [7, 11) is -3.69. The van der Waals surface area contributed by atoms with Gasteiger partial charge in [0.2, 0.25) is 5.91 Å². The highest BCUT2D eigenvalue weighted by atomic mass is 35.5. The second-order valence-electron chi connectivity index (χ2n) is 6.42. The van der Waals surface area contributed by atoms with Crippen molar-refractivity contribution in [3.05, 3.63) is 63.6 Å². The van der Waals surface area contributed by atoms with Crippen LogP contribution in [0.3, 0.4) is 0 Å². The second kappa shape index (κ2) is 7.59. The summed E-state index contributed by atoms with van der Waals surface area (Å²) in [4.78, 5) is 14.5. The second-order valence-corrected chi connectivity index (χ2v) is 9.56. The Morgan fingerprint density at radius 3 is 2.62 bits per heavy atom. The van der Waals surface area contributed by atoms with Crippen molar-refractivity contribution in [2.24, 2.45) is 0 Å². The molecule has 0 spiro atoms. The average Bonchev–Trinajstić information content (AvgIpc) is 2.63. The molecule has 0 N–H and O–H groups in total. The number of rotatable bonds is 4. The van der Waals surface area contributed by atoms with Crippen LogP contribution >= 0.6 is 23.2 Å². The van der Waals surface area contributed by atoms with Gasteiger partial charge in [0.1, 0.15) is 5.25 Å². The third-order valence-electron chi connectivity index (χ3n) is 4.61. The Morgan fingerprint density at radius 2 is 1.88 bits per heavy atom. The highest BCUT2D eigenvalue weighted by Gasteiger charge is 2.34. The zero-order chi connectivity index (χ0) is 18.9. The van der Waals surface area contributed by atoms with Crippen LogP contribution in [0.25, 0.3) is 0 Å². The molecule has 2 aromatic rings. The van der Waals surface area contributed by atoms with Crippen LogP contribution in [0.15, 0.2) is 42.5 Å². The van der Waals surface area contributed by atoms with Crippen LogP contribution in [-0.4, -0.2) is 26.1 Å². The van der Waals surface area contributed by atoms with Gasteiger partial charge >= 0.3 is 0 Å². The van der Waals surface area contributed by atoms with E-state index in [4.69, 9.17) is 23.2 Å². The predicted molar refractivity (Wildman–Crippen MR) is 106 cm³/mol. The molecule has 1 atom stereocenters. The van der Waals surface area contributed by atoms with Crippen LogP contribution in [0.4, 0.5) is 5.69 Å². The first-order valence-corrected chi connectivity index (χ1v) is 10.8. The fourth-order valence-corrected chi connectivity index (χ4v) is 4.77. The van der Waals surface area contributed by atoms with E-state index in [1.807, 2.05) is 24.3 Å². The lowest BCUT2D eigenvalue weighted by atomic mass is 10.0. The van der Waals surface area contributed by atoms with E-state index in [2.05, 4.69) is 0 Å². The van der Waals surface area contributed by atoms with Gasteiger partial charge in [-0.3, -0.25) is 4.79 Å². The van der Waals surface area contributed by atoms with Crippen molar-refractivity contribution in [2.75, 3.05) is 11.4 Å². The fourth-order valence-electron chi connectivity index (χ4n) is 3.12. The van der Waals surface area contributed by atoms with E-state index < -0.39 is 21.0 Å². The summed E-state index contributed by atoms with van der Waals surface area (Å²) in [6.07, 6.45) is 1.71. The molecule has 7 heteroatoms. The number of benzene rings is 2. The van der Waals surface area contributed by atoms with Gasteiger partial charge < -0.3 is 4.90 Å². The standard InChI is InChI=1S/C19H19Cl2NO3S/c1-13(26(24,25)12-14-8-9-16(20)17(21)11-14)19(23)22-10-4-6-15-5-2-3-7-18(15)22/h2-3,5,7-9,11,13H,4,6,10,12H2,1H3. The lowest BCUT2D eigenvalue weighted by Gasteiger charge is -2.31. The zero-order valence-electron chi connectivity index (χ0n) is 14.3. The van der Waals surface area contributed by atoms with Crippen molar-refractivity contribution >= 4 is 44.6 Å². The number of amides is 1. The smallest absolute Gasteiger partial charge is 0.245 e. The lowest BCUT2D eigenvalue weighted by Crippen LogP contribution is -2.44. The van der Waals surface area contributed by atoms with E-state index in [1.54, 1.807) is 17.0 Å². The maximum Gasteiger partial charge on any atom is 0.245 e. The quantitative estimate of drug-likeness (QED) is 0.754. The van der Waals surface area contributed by atoms with Gasteiger partial charge in [0.05, 0.1) is 15.8 Å². The first-order chi connectivity index (χ1) is 12.3. The van der Waals surface area contributed by atoms with E-state index in [0.717, 1.165) is 24.1 Å². The molecule has 0 aliphatic carbocycles. The van der Waals surface area contributed by atoms with Crippen LogP contribution in [0.5, 0.6) is 0 Å². The van der Waals surface area contributed by atoms with Crippen molar-refractivity contribution < 1.29 is 13.2 Å². The minimum absolute atomic E-state index is 0.258. The summed E-state index contributed by atoms with van der Waals surface area (Å²) in [6.45, 7) is 1.98. The van der Waals surface area contributed by atoms with Crippen LogP contribution < -0.4 is 4.90 Å². The van der Waals surface area contributed by atoms with Crippen LogP contribution in [0, 0.1) is 0 Å². The summed E-state index contributed by atoms with van der Waals surface area (Å²) < 4.78 is 25.5. The number of aryl methyl sites for hydroxylation is 1. The largest absolute Gasteiger partial charge is 0.311 e. The highest BCUT2D eigenvalue weighted by Crippen LogP contribution is 2.29. The Kier molecular flexibility index (Phi) is 5.61. The Morgan fingerprint density at radius 1 is 1.15 bits per heavy atom. The number of anilines is 1. The molecule has 4 nitrogen and oxygen atoms in total. The molecule has 0 fully saturated rings. The number of carbonyl (C=O) groups excluding carboxylic acids is 1. The molecule has 2 aromatic carbocycles. The molecule has 0 saturated heterocycles. The van der Waals surface area contributed by atoms with Gasteiger partial charge in [-0.1, -0.05) is 47.5 Å². The third-order valence-corrected chi connectivity index (χ3v) is 7.37. The van der Waals surface area contributed by atoms with Gasteiger partial charge in [-0.05, 0) is 49.1 Å². The van der Waals surface area contributed by atoms with E-state index >= 15 is 0 Å². The lowest BCUT2D eigenvalue weighted by molar-refractivity contribution is -0.118. The van der Waals surface area contributed by atoms with E-state index in [9.17, 15) is 13.2 Å². The van der Waals surface area contributed by atoms with Crippen LogP contribution in [0.1, 0.15) is 24.5 Å². The minimum atomic E-state index is -3.69. The van der Waals surface area contributed by atoms with Crippen molar-refractivity contribution in [3.63, 3.8) is 0 Å². The van der Waals surface area contributed by atoms with Crippen molar-refractivity contribution in [1.29, 1.82) is 0 Å². The Balaban J connectivity index is 1.82. The molecule has 0 radical (unpaired) electrons. The summed E-state index contributed by atoms with van der Waals surface area (Å²) in [5.74, 6) is -0.649. The molecule has 26 heavy (non-hydrogen) atoms. The van der Waals surface area contributed by atoms with E-state index in [1.165, 1.54) is 13.0 Å². The summed E-state index contributed by atoms with van der Waals surface area (Å²) in [6, 6.07) is 12.3. The number of halogens is 2. The maximum atomic E-state index is 12.9. The molecule has 3 rings (SSSR count). The molecule has 138 valence electrons. The number of nitrogens with zero attached hydrogens (tertiary/aromatic N) is 1. The number of hydrogen-bond acceptors (Lipinski definition) is 3. The van der Waals surface area contributed by atoms with Crippen molar-refractivity contribution in [2.45, 2.75) is 30.8 Å². The van der Waals surface area contributed by atoms with Gasteiger partial charge in [0, 0.05) is 12.2 Å². The van der Waals surface area contributed by atoms with E-state index in [-0.39, 0.29) is 5.75 Å². The molecular weight excluding hydrogens is 393 g/mol. The monoisotopic (exact) mass is 411 g/mol. The van der Waals surface area contributed by atoms with Crippen molar-refractivity contribution in [3.8, 4) is 0 Å². The van der Waals surface area contributed by atoms with Crippen LogP contribution in [0.2, 0.25) is 10.0 Å². The Labute approximate surface area is 163 Å². The van der Waals surface area contributed by atoms with Gasteiger partial charge in [0.25, 0.3) is 0 Å². The van der Waals surface area contributed by atoms with Gasteiger partial charge in [-0.15, -0.1) is 0 Å². The van der Waals surface area contributed by atoms with E-state index in [0.29, 0.717) is 22.2 Å². The minimum Gasteiger partial charge on any atom is -0.311 e. The molecular formula is C19H19Cl2NO3S. The molecule has 0 aromatic heterocycles. The van der Waals surface area contributed by atoms with Gasteiger partial charge in [-0.25, -0.2) is 8.42 Å². The summed E-state index contributed by atoms with van der Waals surface area (Å²) in [5.41, 5.74) is 2.39. The molecule has 0 saturated carbocycles. The summed E-state index contributed by atoms with van der Waals surface area (Å²) >= 11 is 11.8. The molecule has 1 heterocycles. The highest BCUT2D eigenvalue weighted by molar-refractivity contribution is 7.92. The zero-order valence-corrected chi connectivity index (χ0v) is 16.6. The van der Waals surface area contributed by atoms with Crippen molar-refractivity contribution in [1.82, 2.24) is 0 Å². The topological polar surface area (TPSA) is 54.5 Å². The first kappa shape index (κ1) is 19.2. The Bertz CT molecular complexity index is 944. The molecule has 1 aliphatic rings. The van der Waals surface area contributed by atoms with Gasteiger partial charge in [-0.2, -0.15) is 0 Å². The number of hydrogen-bond donors (Lipinski definition) is 0. The number of fused-ring (bicyclic) bond motifs is 1. The SMILES string of the molecule is CC(C(=O)N1CCCc2ccccc21)S(=O)(=O)Cc1ccc(Cl)c(Cl)c1. The molecule has 0 bridgehead atoms. The molecule has 1 aliphatic heterocycles. The third kappa shape index (κ3) is 3.90. The first-order valence-electron chi connectivity index (χ1n) is 8.34. The number of para-hydroxylation sites is 1. The van der Waals surface area contributed by atoms with Gasteiger partial charge in [0.15, 0.2) is 9.84 Å². The normalized spacial score (nSPS) is 15.4. The number of carbonyl (C=O) groups is 1. The fraction of sp³-hybridized carbons (Fsp3) is 0.316. The van der Waals surface area contributed by atoms with Crippen LogP contribution in [-0.2, 0) is 26.8 Å². The predicted octanol–water partition coefficient (Wildman–Crippen LogP) is 4.28. The maximum absolute atomic E-state index is 12.9.